The standard InChI is InChI=1S/C11H19N3OS/c1-14-8-12-13-11(14)16-7-10(15)6-9-4-2-3-5-9/h8-10,15H,2-7H2,1H3. The first kappa shape index (κ1) is 11.9. The second kappa shape index (κ2) is 5.68. The van der Waals surface area contributed by atoms with Gasteiger partial charge in [-0.05, 0) is 12.3 Å². The van der Waals surface area contributed by atoms with Crippen LogP contribution in [0.1, 0.15) is 32.1 Å². The first-order chi connectivity index (χ1) is 7.75. The fourth-order valence-electron chi connectivity index (χ4n) is 2.27. The smallest absolute Gasteiger partial charge is 0.190 e. The van der Waals surface area contributed by atoms with E-state index >= 15 is 0 Å². The highest BCUT2D eigenvalue weighted by molar-refractivity contribution is 7.99. The number of hydrogen-bond donors (Lipinski definition) is 1. The largest absolute Gasteiger partial charge is 0.392 e. The van der Waals surface area contributed by atoms with Gasteiger partial charge in [0.05, 0.1) is 6.10 Å². The van der Waals surface area contributed by atoms with Crippen molar-refractivity contribution in [3.05, 3.63) is 6.33 Å². The molecular weight excluding hydrogens is 222 g/mol. The lowest BCUT2D eigenvalue weighted by molar-refractivity contribution is 0.165. The molecular formula is C11H19N3OS. The van der Waals surface area contributed by atoms with Crippen LogP contribution in [-0.2, 0) is 7.05 Å². The Morgan fingerprint density at radius 2 is 2.31 bits per heavy atom. The topological polar surface area (TPSA) is 50.9 Å². The first-order valence-electron chi connectivity index (χ1n) is 5.90. The Morgan fingerprint density at radius 3 is 2.94 bits per heavy atom. The van der Waals surface area contributed by atoms with E-state index < -0.39 is 0 Å². The van der Waals surface area contributed by atoms with E-state index in [1.54, 1.807) is 18.1 Å². The zero-order valence-electron chi connectivity index (χ0n) is 9.67. The molecule has 0 saturated heterocycles. The molecule has 1 unspecified atom stereocenters. The Labute approximate surface area is 100 Å². The second-order valence-corrected chi connectivity index (χ2v) is 5.56. The first-order valence-corrected chi connectivity index (χ1v) is 6.89. The van der Waals surface area contributed by atoms with Crippen molar-refractivity contribution in [2.45, 2.75) is 43.4 Å². The van der Waals surface area contributed by atoms with Crippen LogP contribution in [0.15, 0.2) is 11.5 Å². The van der Waals surface area contributed by atoms with Crippen molar-refractivity contribution in [1.82, 2.24) is 14.8 Å². The van der Waals surface area contributed by atoms with E-state index in [4.69, 9.17) is 0 Å². The molecule has 2 rings (SSSR count). The van der Waals surface area contributed by atoms with E-state index in [-0.39, 0.29) is 6.10 Å². The molecule has 0 aromatic carbocycles. The van der Waals surface area contributed by atoms with Crippen LogP contribution < -0.4 is 0 Å². The molecule has 1 N–H and O–H groups in total. The summed E-state index contributed by atoms with van der Waals surface area (Å²) in [5.41, 5.74) is 0. The Hall–Kier alpha value is -0.550. The SMILES string of the molecule is Cn1cnnc1SCC(O)CC1CCCC1. The molecule has 0 amide bonds. The van der Waals surface area contributed by atoms with Gasteiger partial charge < -0.3 is 9.67 Å². The van der Waals surface area contributed by atoms with Crippen molar-refractivity contribution in [1.29, 1.82) is 0 Å². The molecule has 90 valence electrons. The van der Waals surface area contributed by atoms with Crippen LogP contribution in [0, 0.1) is 5.92 Å². The zero-order chi connectivity index (χ0) is 11.4. The van der Waals surface area contributed by atoms with Gasteiger partial charge in [0.1, 0.15) is 6.33 Å². The molecule has 5 heteroatoms. The minimum absolute atomic E-state index is 0.204. The molecule has 1 atom stereocenters. The number of nitrogens with zero attached hydrogens (tertiary/aromatic N) is 3. The van der Waals surface area contributed by atoms with Gasteiger partial charge >= 0.3 is 0 Å². The molecule has 4 nitrogen and oxygen atoms in total. The summed E-state index contributed by atoms with van der Waals surface area (Å²) in [4.78, 5) is 0. The quantitative estimate of drug-likeness (QED) is 0.799. The van der Waals surface area contributed by atoms with Gasteiger partial charge in [-0.25, -0.2) is 0 Å². The van der Waals surface area contributed by atoms with Crippen LogP contribution in [0.5, 0.6) is 0 Å². The highest BCUT2D eigenvalue weighted by Crippen LogP contribution is 2.29. The molecule has 0 radical (unpaired) electrons. The number of rotatable bonds is 5. The van der Waals surface area contributed by atoms with Crippen LogP contribution >= 0.6 is 11.8 Å². The van der Waals surface area contributed by atoms with Crippen molar-refractivity contribution < 1.29 is 5.11 Å². The lowest BCUT2D eigenvalue weighted by Gasteiger charge is -2.14. The van der Waals surface area contributed by atoms with Crippen LogP contribution in [0.2, 0.25) is 0 Å². The normalized spacial score (nSPS) is 19.1. The van der Waals surface area contributed by atoms with Crippen molar-refractivity contribution in [2.24, 2.45) is 13.0 Å². The van der Waals surface area contributed by atoms with E-state index in [0.29, 0.717) is 0 Å². The van der Waals surface area contributed by atoms with Gasteiger partial charge in [-0.1, -0.05) is 37.4 Å². The molecule has 0 aliphatic heterocycles. The van der Waals surface area contributed by atoms with Crippen molar-refractivity contribution in [2.75, 3.05) is 5.75 Å². The Bertz CT molecular complexity index is 323. The van der Waals surface area contributed by atoms with Gasteiger partial charge in [0, 0.05) is 12.8 Å². The fourth-order valence-corrected chi connectivity index (χ4v) is 3.11. The summed E-state index contributed by atoms with van der Waals surface area (Å²) >= 11 is 1.58. The molecule has 0 spiro atoms. The lowest BCUT2D eigenvalue weighted by Crippen LogP contribution is -2.14. The summed E-state index contributed by atoms with van der Waals surface area (Å²) in [5, 5.41) is 18.6. The summed E-state index contributed by atoms with van der Waals surface area (Å²) in [6.45, 7) is 0. The lowest BCUT2D eigenvalue weighted by atomic mass is 10.0. The van der Waals surface area contributed by atoms with Crippen LogP contribution in [0.25, 0.3) is 0 Å². The number of thioether (sulfide) groups is 1. The number of aryl methyl sites for hydroxylation is 1. The summed E-state index contributed by atoms with van der Waals surface area (Å²) in [5.74, 6) is 1.47. The number of hydrogen-bond acceptors (Lipinski definition) is 4. The van der Waals surface area contributed by atoms with Gasteiger partial charge in [0.2, 0.25) is 0 Å². The third-order valence-corrected chi connectivity index (χ3v) is 4.33. The molecule has 1 aromatic rings. The van der Waals surface area contributed by atoms with Crippen LogP contribution in [0.3, 0.4) is 0 Å². The van der Waals surface area contributed by atoms with E-state index in [0.717, 1.165) is 23.2 Å². The predicted octanol–water partition coefficient (Wildman–Crippen LogP) is 1.85. The minimum Gasteiger partial charge on any atom is -0.392 e. The highest BCUT2D eigenvalue weighted by Gasteiger charge is 2.19. The molecule has 1 aromatic heterocycles. The second-order valence-electron chi connectivity index (χ2n) is 4.58. The molecule has 1 saturated carbocycles. The molecule has 1 heterocycles. The van der Waals surface area contributed by atoms with Crippen molar-refractivity contribution >= 4 is 11.8 Å². The monoisotopic (exact) mass is 241 g/mol. The van der Waals surface area contributed by atoms with Gasteiger partial charge in [0.25, 0.3) is 0 Å². The van der Waals surface area contributed by atoms with Crippen LogP contribution in [-0.4, -0.2) is 31.7 Å². The predicted molar refractivity (Wildman–Crippen MR) is 64.3 cm³/mol. The van der Waals surface area contributed by atoms with E-state index in [1.807, 2.05) is 11.6 Å². The molecule has 16 heavy (non-hydrogen) atoms. The Kier molecular flexibility index (Phi) is 4.23. The Morgan fingerprint density at radius 1 is 1.56 bits per heavy atom. The van der Waals surface area contributed by atoms with Gasteiger partial charge in [-0.2, -0.15) is 0 Å². The fraction of sp³-hybridized carbons (Fsp3) is 0.818. The number of aromatic nitrogens is 3. The van der Waals surface area contributed by atoms with Crippen LogP contribution in [0.4, 0.5) is 0 Å². The molecule has 1 aliphatic carbocycles. The minimum atomic E-state index is -0.204. The maximum atomic E-state index is 9.92. The average Bonchev–Trinajstić information content (AvgIpc) is 2.87. The zero-order valence-corrected chi connectivity index (χ0v) is 10.5. The maximum absolute atomic E-state index is 9.92. The maximum Gasteiger partial charge on any atom is 0.190 e. The summed E-state index contributed by atoms with van der Waals surface area (Å²) in [6, 6.07) is 0. The third-order valence-electron chi connectivity index (χ3n) is 3.15. The highest BCUT2D eigenvalue weighted by atomic mass is 32.2. The summed E-state index contributed by atoms with van der Waals surface area (Å²) in [6.07, 6.45) is 7.71. The van der Waals surface area contributed by atoms with Gasteiger partial charge in [0.15, 0.2) is 5.16 Å². The van der Waals surface area contributed by atoms with E-state index in [2.05, 4.69) is 10.2 Å². The van der Waals surface area contributed by atoms with Gasteiger partial charge in [-0.15, -0.1) is 10.2 Å². The van der Waals surface area contributed by atoms with Crippen molar-refractivity contribution in [3.63, 3.8) is 0 Å². The van der Waals surface area contributed by atoms with E-state index in [9.17, 15) is 5.11 Å². The number of aliphatic hydroxyl groups is 1. The number of aliphatic hydroxyl groups excluding tert-OH is 1. The summed E-state index contributed by atoms with van der Waals surface area (Å²) in [7, 11) is 1.92. The molecule has 1 fully saturated rings. The molecule has 1 aliphatic rings. The van der Waals surface area contributed by atoms with E-state index in [1.165, 1.54) is 25.7 Å². The summed E-state index contributed by atoms with van der Waals surface area (Å²) < 4.78 is 1.88. The van der Waals surface area contributed by atoms with Crippen molar-refractivity contribution in [3.8, 4) is 0 Å². The third kappa shape index (κ3) is 3.22. The average molecular weight is 241 g/mol. The Balaban J connectivity index is 1.71. The van der Waals surface area contributed by atoms with Gasteiger partial charge in [-0.3, -0.25) is 0 Å². The molecule has 0 bridgehead atoms.